The number of nitrogens with zero attached hydrogens (tertiary/aromatic N) is 4. The van der Waals surface area contributed by atoms with Crippen molar-refractivity contribution in [3.8, 4) is 0 Å². The van der Waals surface area contributed by atoms with Gasteiger partial charge in [0.1, 0.15) is 5.82 Å². The Balaban J connectivity index is 1.42. The summed E-state index contributed by atoms with van der Waals surface area (Å²) in [7, 11) is 0. The van der Waals surface area contributed by atoms with Crippen molar-refractivity contribution < 1.29 is 19.4 Å². The van der Waals surface area contributed by atoms with Gasteiger partial charge in [0.2, 0.25) is 11.6 Å². The third kappa shape index (κ3) is 4.54. The zero-order valence-corrected chi connectivity index (χ0v) is 17.2. The first-order valence-corrected chi connectivity index (χ1v) is 11.1. The number of hydrogen-bond donors (Lipinski definition) is 2. The Morgan fingerprint density at radius 3 is 2.57 bits per heavy atom. The molecule has 1 aliphatic carbocycles. The number of aromatic nitrogens is 2. The third-order valence-corrected chi connectivity index (χ3v) is 6.26. The molecule has 4 heterocycles. The molecule has 0 aromatic carbocycles. The van der Waals surface area contributed by atoms with Crippen LogP contribution in [0.2, 0.25) is 0 Å². The van der Waals surface area contributed by atoms with Crippen molar-refractivity contribution in [3.05, 3.63) is 36.0 Å². The average molecular weight is 417 g/mol. The molecule has 160 valence electrons. The van der Waals surface area contributed by atoms with Crippen molar-refractivity contribution in [1.82, 2.24) is 9.97 Å². The highest BCUT2D eigenvalue weighted by Gasteiger charge is 2.36. The molecule has 1 saturated carbocycles. The van der Waals surface area contributed by atoms with Crippen molar-refractivity contribution in [1.29, 1.82) is 0 Å². The first-order chi connectivity index (χ1) is 14.6. The lowest BCUT2D eigenvalue weighted by Gasteiger charge is -2.34. The first-order valence-electron chi connectivity index (χ1n) is 11.1. The van der Waals surface area contributed by atoms with Crippen LogP contribution in [0.4, 0.5) is 31.9 Å². The average Bonchev–Trinajstić information content (AvgIpc) is 3.59. The summed E-state index contributed by atoms with van der Waals surface area (Å²) in [5.74, 6) is 0.294. The Kier molecular flexibility index (Phi) is 5.28. The van der Waals surface area contributed by atoms with Gasteiger partial charge in [0.25, 0.3) is 5.92 Å². The van der Waals surface area contributed by atoms with E-state index in [0.717, 1.165) is 43.5 Å². The van der Waals surface area contributed by atoms with Crippen LogP contribution in [0.15, 0.2) is 30.5 Å². The monoisotopic (exact) mass is 416 g/mol. The van der Waals surface area contributed by atoms with E-state index in [2.05, 4.69) is 27.3 Å². The Morgan fingerprint density at radius 2 is 1.87 bits per heavy atom. The third-order valence-electron chi connectivity index (χ3n) is 6.26. The fraction of sp³-hybridized carbons (Fsp3) is 0.545. The van der Waals surface area contributed by atoms with E-state index in [1.165, 1.54) is 18.4 Å². The highest BCUT2D eigenvalue weighted by molar-refractivity contribution is 5.60. The molecule has 0 unspecified atom stereocenters. The van der Waals surface area contributed by atoms with Gasteiger partial charge in [0.15, 0.2) is 0 Å². The Hall–Kier alpha value is -2.32. The Labute approximate surface area is 175 Å². The predicted octanol–water partition coefficient (Wildman–Crippen LogP) is 1.50. The van der Waals surface area contributed by atoms with Gasteiger partial charge in [-0.25, -0.2) is 19.1 Å². The lowest BCUT2D eigenvalue weighted by Crippen LogP contribution is -2.89. The van der Waals surface area contributed by atoms with Crippen LogP contribution in [0.1, 0.15) is 37.2 Å². The number of anilines is 2. The smallest absolute Gasteiger partial charge is 0.265 e. The number of hydrogen-bond acceptors (Lipinski definition) is 4. The topological polar surface area (TPSA) is 65.5 Å². The molecule has 2 aromatic rings. The molecule has 0 bridgehead atoms. The molecule has 0 atom stereocenters. The van der Waals surface area contributed by atoms with Crippen molar-refractivity contribution in [2.75, 3.05) is 49.1 Å². The molecule has 4 N–H and O–H groups in total. The maximum atomic E-state index is 14.0. The minimum Gasteiger partial charge on any atom is -0.360 e. The molecule has 0 spiro atoms. The molecule has 0 radical (unpaired) electrons. The lowest BCUT2D eigenvalue weighted by atomic mass is 10.1. The second kappa shape index (κ2) is 8.07. The van der Waals surface area contributed by atoms with Gasteiger partial charge in [0.05, 0.1) is 32.7 Å². The van der Waals surface area contributed by atoms with Gasteiger partial charge in [-0.3, -0.25) is 0 Å². The van der Waals surface area contributed by atoms with Gasteiger partial charge in [-0.15, -0.1) is 0 Å². The summed E-state index contributed by atoms with van der Waals surface area (Å²) in [5.41, 5.74) is 2.36. The van der Waals surface area contributed by atoms with Crippen LogP contribution in [0, 0.1) is 0 Å². The standard InChI is InChI=1S/C22H28F2N6/c23-22(24)6-1-9-30(15-22)21-13-18(29-10-7-25-8-11-29)12-20(28-21)27-19-5-4-17(14-26-19)16-2-3-16/h4-5,12-14,16,25H,1-3,6-11,15H2,(H,26,27,28)/p+2. The number of halogens is 2. The zero-order chi connectivity index (χ0) is 20.6. The highest BCUT2D eigenvalue weighted by atomic mass is 19.3. The number of nitrogens with two attached hydrogens (primary N) is 2. The molecule has 2 saturated heterocycles. The van der Waals surface area contributed by atoms with Crippen molar-refractivity contribution in [2.45, 2.75) is 37.5 Å². The molecule has 3 aliphatic rings. The second-order valence-electron chi connectivity index (χ2n) is 8.78. The van der Waals surface area contributed by atoms with Gasteiger partial charge in [0, 0.05) is 43.0 Å². The van der Waals surface area contributed by atoms with E-state index in [0.29, 0.717) is 24.7 Å². The maximum absolute atomic E-state index is 14.0. The quantitative estimate of drug-likeness (QED) is 0.775. The summed E-state index contributed by atoms with van der Waals surface area (Å²) in [4.78, 5) is 13.4. The number of pyridine rings is 2. The lowest BCUT2D eigenvalue weighted by molar-refractivity contribution is -0.655. The molecular formula is C22H30F2N6+2. The van der Waals surface area contributed by atoms with Gasteiger partial charge < -0.3 is 15.1 Å². The fourth-order valence-electron chi connectivity index (χ4n) is 4.42. The van der Waals surface area contributed by atoms with E-state index in [4.69, 9.17) is 4.98 Å². The predicted molar refractivity (Wildman–Crippen MR) is 112 cm³/mol. The summed E-state index contributed by atoms with van der Waals surface area (Å²) in [6.45, 7) is 4.35. The van der Waals surface area contributed by atoms with Crippen molar-refractivity contribution >= 4 is 23.1 Å². The van der Waals surface area contributed by atoms with E-state index in [1.807, 2.05) is 23.6 Å². The molecule has 6 nitrogen and oxygen atoms in total. The van der Waals surface area contributed by atoms with Gasteiger partial charge in [-0.2, -0.15) is 4.98 Å². The summed E-state index contributed by atoms with van der Waals surface area (Å²) in [6, 6.07) is 8.22. The minimum absolute atomic E-state index is 0.0403. The molecule has 8 heteroatoms. The van der Waals surface area contributed by atoms with Crippen LogP contribution < -0.4 is 20.4 Å². The summed E-state index contributed by atoms with van der Waals surface area (Å²) >= 11 is 0. The zero-order valence-electron chi connectivity index (χ0n) is 17.2. The van der Waals surface area contributed by atoms with Crippen molar-refractivity contribution in [3.63, 3.8) is 0 Å². The molecule has 5 rings (SSSR count). The molecule has 0 amide bonds. The number of alkyl halides is 2. The molecule has 2 aliphatic heterocycles. The van der Waals surface area contributed by atoms with Crippen LogP contribution in [-0.4, -0.2) is 55.2 Å². The van der Waals surface area contributed by atoms with Crippen LogP contribution >= 0.6 is 0 Å². The summed E-state index contributed by atoms with van der Waals surface area (Å²) < 4.78 is 28.1. The number of piperazine rings is 1. The molecule has 2 aromatic heterocycles. The van der Waals surface area contributed by atoms with Crippen LogP contribution in [-0.2, 0) is 0 Å². The van der Waals surface area contributed by atoms with Crippen LogP contribution in [0.25, 0.3) is 0 Å². The van der Waals surface area contributed by atoms with E-state index >= 15 is 0 Å². The Bertz CT molecular complexity index is 878. The van der Waals surface area contributed by atoms with Gasteiger partial charge in [-0.1, -0.05) is 0 Å². The van der Waals surface area contributed by atoms with Gasteiger partial charge in [-0.05, 0) is 36.8 Å². The van der Waals surface area contributed by atoms with Crippen molar-refractivity contribution in [2.24, 2.45) is 0 Å². The maximum Gasteiger partial charge on any atom is 0.265 e. The SMILES string of the molecule is FC1(F)CCCN(c2cc(N3CC[NH2+]CC3)cc([NH2+]c3ccc(C4CC4)cn3)n2)C1. The molecular weight excluding hydrogens is 386 g/mol. The number of quaternary nitrogens is 2. The van der Waals surface area contributed by atoms with E-state index < -0.39 is 5.92 Å². The molecule has 3 fully saturated rings. The fourth-order valence-corrected chi connectivity index (χ4v) is 4.42. The van der Waals surface area contributed by atoms with E-state index in [-0.39, 0.29) is 13.0 Å². The van der Waals surface area contributed by atoms with Gasteiger partial charge >= 0.3 is 0 Å². The first kappa shape index (κ1) is 19.6. The molecule has 30 heavy (non-hydrogen) atoms. The summed E-state index contributed by atoms with van der Waals surface area (Å²) in [5, 5.41) is 4.27. The van der Waals surface area contributed by atoms with Crippen LogP contribution in [0.5, 0.6) is 0 Å². The number of rotatable bonds is 5. The Morgan fingerprint density at radius 1 is 1.03 bits per heavy atom. The van der Waals surface area contributed by atoms with E-state index in [1.54, 1.807) is 4.90 Å². The number of piperidine rings is 1. The van der Waals surface area contributed by atoms with E-state index in [9.17, 15) is 8.78 Å². The minimum atomic E-state index is -2.65. The summed E-state index contributed by atoms with van der Waals surface area (Å²) in [6.07, 6.45) is 4.92. The highest BCUT2D eigenvalue weighted by Crippen LogP contribution is 2.39. The normalized spacial score (nSPS) is 21.7. The second-order valence-corrected chi connectivity index (χ2v) is 8.78. The van der Waals surface area contributed by atoms with Crippen LogP contribution in [0.3, 0.4) is 0 Å². The largest absolute Gasteiger partial charge is 0.360 e.